The van der Waals surface area contributed by atoms with Gasteiger partial charge in [-0.3, -0.25) is 4.79 Å². The lowest BCUT2D eigenvalue weighted by Gasteiger charge is -2.09. The van der Waals surface area contributed by atoms with Crippen LogP contribution >= 0.6 is 0 Å². The summed E-state index contributed by atoms with van der Waals surface area (Å²) >= 11 is 0. The fraction of sp³-hybridized carbons (Fsp3) is 0.364. The number of primary amides is 1. The average Bonchev–Trinajstić information content (AvgIpc) is 2.48. The van der Waals surface area contributed by atoms with Crippen molar-refractivity contribution in [2.45, 2.75) is 25.2 Å². The van der Waals surface area contributed by atoms with Crippen LogP contribution in [0.2, 0.25) is 0 Å². The van der Waals surface area contributed by atoms with Crippen molar-refractivity contribution in [3.05, 3.63) is 34.9 Å². The zero-order chi connectivity index (χ0) is 11.0. The lowest BCUT2D eigenvalue weighted by atomic mass is 9.97. The monoisotopic (exact) mass is 211 g/mol. The molecule has 0 saturated heterocycles. The molecule has 2 N–H and O–H groups in total. The molecule has 0 heterocycles. The van der Waals surface area contributed by atoms with Crippen molar-refractivity contribution < 1.29 is 13.6 Å². The topological polar surface area (TPSA) is 43.1 Å². The average molecular weight is 211 g/mol. The standard InChI is InChI=1S/C11H11F2NO/c12-7-4-9-6(3-11(14)15)1-2-8(9)10(13)5-7/h4-6H,1-3H2,(H2,14,15). The highest BCUT2D eigenvalue weighted by Crippen LogP contribution is 2.37. The second kappa shape index (κ2) is 3.61. The van der Waals surface area contributed by atoms with Gasteiger partial charge in [0.1, 0.15) is 11.6 Å². The van der Waals surface area contributed by atoms with E-state index in [2.05, 4.69) is 0 Å². The Morgan fingerprint density at radius 3 is 2.87 bits per heavy atom. The first kappa shape index (κ1) is 10.1. The third-order valence-electron chi connectivity index (χ3n) is 2.82. The number of rotatable bonds is 2. The summed E-state index contributed by atoms with van der Waals surface area (Å²) in [4.78, 5) is 10.8. The Balaban J connectivity index is 2.37. The van der Waals surface area contributed by atoms with Crippen molar-refractivity contribution in [2.75, 3.05) is 0 Å². The van der Waals surface area contributed by atoms with Gasteiger partial charge < -0.3 is 5.73 Å². The molecule has 1 unspecified atom stereocenters. The van der Waals surface area contributed by atoms with E-state index in [1.165, 1.54) is 6.07 Å². The fourth-order valence-electron chi connectivity index (χ4n) is 2.18. The highest BCUT2D eigenvalue weighted by molar-refractivity contribution is 5.75. The number of hydrogen-bond acceptors (Lipinski definition) is 1. The van der Waals surface area contributed by atoms with Gasteiger partial charge in [-0.25, -0.2) is 8.78 Å². The van der Waals surface area contributed by atoms with Gasteiger partial charge in [0, 0.05) is 12.5 Å². The summed E-state index contributed by atoms with van der Waals surface area (Å²) in [6, 6.07) is 2.19. The minimum Gasteiger partial charge on any atom is -0.370 e. The Morgan fingerprint density at radius 1 is 1.47 bits per heavy atom. The molecule has 0 fully saturated rings. The molecule has 1 atom stereocenters. The molecule has 0 aromatic heterocycles. The zero-order valence-electron chi connectivity index (χ0n) is 8.09. The molecular weight excluding hydrogens is 200 g/mol. The maximum atomic E-state index is 13.3. The molecule has 4 heteroatoms. The first-order valence-electron chi connectivity index (χ1n) is 4.84. The summed E-state index contributed by atoms with van der Waals surface area (Å²) in [6.45, 7) is 0. The van der Waals surface area contributed by atoms with Crippen molar-refractivity contribution in [3.8, 4) is 0 Å². The Hall–Kier alpha value is -1.45. The third kappa shape index (κ3) is 1.84. The smallest absolute Gasteiger partial charge is 0.218 e. The predicted molar refractivity (Wildman–Crippen MR) is 51.2 cm³/mol. The van der Waals surface area contributed by atoms with Crippen LogP contribution in [-0.4, -0.2) is 5.91 Å². The van der Waals surface area contributed by atoms with Crippen molar-refractivity contribution in [1.29, 1.82) is 0 Å². The molecule has 80 valence electrons. The quantitative estimate of drug-likeness (QED) is 0.797. The van der Waals surface area contributed by atoms with Crippen LogP contribution in [0.5, 0.6) is 0 Å². The van der Waals surface area contributed by atoms with E-state index in [-0.39, 0.29) is 12.3 Å². The van der Waals surface area contributed by atoms with E-state index in [1.54, 1.807) is 0 Å². The minimum absolute atomic E-state index is 0.123. The molecule has 1 aromatic rings. The van der Waals surface area contributed by atoms with Gasteiger partial charge in [0.05, 0.1) is 0 Å². The largest absolute Gasteiger partial charge is 0.370 e. The van der Waals surface area contributed by atoms with Gasteiger partial charge in [-0.2, -0.15) is 0 Å². The van der Waals surface area contributed by atoms with Crippen LogP contribution in [-0.2, 0) is 11.2 Å². The Kier molecular flexibility index (Phi) is 2.42. The molecule has 0 radical (unpaired) electrons. The Morgan fingerprint density at radius 2 is 2.20 bits per heavy atom. The Labute approximate surface area is 86.1 Å². The number of hydrogen-bond donors (Lipinski definition) is 1. The number of benzene rings is 1. The van der Waals surface area contributed by atoms with E-state index >= 15 is 0 Å². The summed E-state index contributed by atoms with van der Waals surface area (Å²) in [5.41, 5.74) is 6.21. The van der Waals surface area contributed by atoms with Crippen LogP contribution in [0.1, 0.15) is 29.9 Å². The lowest BCUT2D eigenvalue weighted by molar-refractivity contribution is -0.118. The van der Waals surface area contributed by atoms with Crippen molar-refractivity contribution in [1.82, 2.24) is 0 Å². The molecular formula is C11H11F2NO. The molecule has 1 amide bonds. The van der Waals surface area contributed by atoms with Crippen LogP contribution in [0.3, 0.4) is 0 Å². The van der Waals surface area contributed by atoms with E-state index < -0.39 is 17.5 Å². The van der Waals surface area contributed by atoms with Crippen molar-refractivity contribution in [2.24, 2.45) is 5.73 Å². The zero-order valence-corrected chi connectivity index (χ0v) is 8.09. The van der Waals surface area contributed by atoms with E-state index in [1.807, 2.05) is 0 Å². The number of amides is 1. The summed E-state index contributed by atoms with van der Waals surface area (Å²) in [5.74, 6) is -1.67. The number of halogens is 2. The second-order valence-electron chi connectivity index (χ2n) is 3.86. The molecule has 0 aliphatic heterocycles. The molecule has 2 nitrogen and oxygen atoms in total. The minimum atomic E-state index is -0.595. The van der Waals surface area contributed by atoms with E-state index in [9.17, 15) is 13.6 Å². The molecule has 0 spiro atoms. The predicted octanol–water partition coefficient (Wildman–Crippen LogP) is 1.87. The van der Waals surface area contributed by atoms with Gasteiger partial charge in [0.25, 0.3) is 0 Å². The molecule has 1 aliphatic rings. The Bertz CT molecular complexity index is 417. The summed E-state index contributed by atoms with van der Waals surface area (Å²) in [7, 11) is 0. The first-order valence-corrected chi connectivity index (χ1v) is 4.84. The van der Waals surface area contributed by atoms with Gasteiger partial charge in [-0.05, 0) is 36.0 Å². The second-order valence-corrected chi connectivity index (χ2v) is 3.86. The van der Waals surface area contributed by atoms with Crippen molar-refractivity contribution >= 4 is 5.91 Å². The van der Waals surface area contributed by atoms with Crippen LogP contribution in [0.4, 0.5) is 8.78 Å². The van der Waals surface area contributed by atoms with Gasteiger partial charge >= 0.3 is 0 Å². The van der Waals surface area contributed by atoms with Gasteiger partial charge in [0.2, 0.25) is 5.91 Å². The van der Waals surface area contributed by atoms with Gasteiger partial charge in [-0.1, -0.05) is 0 Å². The highest BCUT2D eigenvalue weighted by Gasteiger charge is 2.27. The number of carbonyl (C=O) groups excluding carboxylic acids is 1. The van der Waals surface area contributed by atoms with E-state index in [0.29, 0.717) is 24.0 Å². The highest BCUT2D eigenvalue weighted by atomic mass is 19.1. The van der Waals surface area contributed by atoms with Gasteiger partial charge in [-0.15, -0.1) is 0 Å². The van der Waals surface area contributed by atoms with Crippen molar-refractivity contribution in [3.63, 3.8) is 0 Å². The molecule has 0 saturated carbocycles. The third-order valence-corrected chi connectivity index (χ3v) is 2.82. The number of fused-ring (bicyclic) bond motifs is 1. The summed E-state index contributed by atoms with van der Waals surface area (Å²) < 4.78 is 26.3. The first-order chi connectivity index (χ1) is 7.08. The lowest BCUT2D eigenvalue weighted by Crippen LogP contribution is -2.14. The SMILES string of the molecule is NC(=O)CC1CCc2c(F)cc(F)cc21. The molecule has 15 heavy (non-hydrogen) atoms. The van der Waals surface area contributed by atoms with Gasteiger partial charge in [0.15, 0.2) is 0 Å². The van der Waals surface area contributed by atoms with Crippen LogP contribution in [0.25, 0.3) is 0 Å². The molecule has 2 rings (SSSR count). The van der Waals surface area contributed by atoms with Crippen LogP contribution in [0.15, 0.2) is 12.1 Å². The number of nitrogens with two attached hydrogens (primary N) is 1. The maximum Gasteiger partial charge on any atom is 0.218 e. The van der Waals surface area contributed by atoms with Crippen LogP contribution in [0, 0.1) is 11.6 Å². The molecule has 1 aliphatic carbocycles. The molecule has 0 bridgehead atoms. The van der Waals surface area contributed by atoms with E-state index in [4.69, 9.17) is 5.73 Å². The maximum absolute atomic E-state index is 13.3. The summed E-state index contributed by atoms with van der Waals surface area (Å²) in [6.07, 6.45) is 1.38. The normalized spacial score (nSPS) is 18.9. The fourth-order valence-corrected chi connectivity index (χ4v) is 2.18. The van der Waals surface area contributed by atoms with E-state index in [0.717, 1.165) is 6.07 Å². The van der Waals surface area contributed by atoms with Crippen LogP contribution < -0.4 is 5.73 Å². The molecule has 1 aromatic carbocycles. The number of carbonyl (C=O) groups is 1. The summed E-state index contributed by atoms with van der Waals surface area (Å²) in [5, 5.41) is 0.